The number of aromatic nitrogens is 4. The molecule has 0 aliphatic carbocycles. The van der Waals surface area contributed by atoms with Crippen molar-refractivity contribution in [1.29, 1.82) is 0 Å². The van der Waals surface area contributed by atoms with Gasteiger partial charge in [-0.05, 0) is 68.9 Å². The molecule has 0 fully saturated rings. The van der Waals surface area contributed by atoms with E-state index in [0.29, 0.717) is 23.0 Å². The first-order valence-corrected chi connectivity index (χ1v) is 17.4. The van der Waals surface area contributed by atoms with Crippen LogP contribution < -0.4 is 9.30 Å². The van der Waals surface area contributed by atoms with E-state index in [1.54, 1.807) is 59.6 Å². The monoisotopic (exact) mass is 904 g/mol. The van der Waals surface area contributed by atoms with Gasteiger partial charge >= 0.3 is 0 Å². The van der Waals surface area contributed by atoms with Crippen LogP contribution in [-0.4, -0.2) is 14.1 Å². The van der Waals surface area contributed by atoms with Crippen molar-refractivity contribution in [1.82, 2.24) is 14.1 Å². The van der Waals surface area contributed by atoms with Crippen molar-refractivity contribution in [2.45, 2.75) is 26.7 Å². The van der Waals surface area contributed by atoms with Gasteiger partial charge in [-0.15, -0.1) is 29.7 Å². The smallest absolute Gasteiger partial charge is 0.267 e. The van der Waals surface area contributed by atoms with E-state index in [4.69, 9.17) is 24.8 Å². The second-order valence-electron chi connectivity index (χ2n) is 13.0. The summed E-state index contributed by atoms with van der Waals surface area (Å²) in [7, 11) is 0. The molecule has 3 heterocycles. The molecule has 6 aromatic carbocycles. The number of hydrogen-bond acceptors (Lipinski definition) is 2. The standard InChI is InChI=1S/C49H38N4O.Pt/c1-34(2)35(3)38-26-27-50-48(30-38)53-46-23-11-10-20-44(46)45-25-24-41(32-47(45)53)54-40-19-12-18-39(31-40)51-28-29-52(33-51)49-42(36-14-6-4-7-15-36)21-13-22-43(49)37-16-8-5-9-17-37;/h4-30,34-35H,1-3H3;/q-2;/i4D,5D,6D,7D,8D,9D,14D,15D,16D,17D,35D;. The summed E-state index contributed by atoms with van der Waals surface area (Å²) in [6.45, 7) is 5.96. The number of hydrogen-bond donors (Lipinski definition) is 0. The van der Waals surface area contributed by atoms with Gasteiger partial charge < -0.3 is 13.9 Å². The predicted molar refractivity (Wildman–Crippen MR) is 217 cm³/mol. The summed E-state index contributed by atoms with van der Waals surface area (Å²) in [6, 6.07) is 27.0. The van der Waals surface area contributed by atoms with E-state index in [0.717, 1.165) is 27.4 Å². The largest absolute Gasteiger partial charge is 0.510 e. The molecule has 1 unspecified atom stereocenters. The normalized spacial score (nSPS) is 15.2. The van der Waals surface area contributed by atoms with Crippen LogP contribution in [-0.2, 0) is 21.1 Å². The average Bonchev–Trinajstić information content (AvgIpc) is 3.92. The van der Waals surface area contributed by atoms with Crippen LogP contribution in [0.1, 0.15) is 47.3 Å². The molecular formula is C49H38N4OPt-2. The van der Waals surface area contributed by atoms with Crippen molar-refractivity contribution in [3.05, 3.63) is 188 Å². The molecule has 0 spiro atoms. The van der Waals surface area contributed by atoms with Gasteiger partial charge in [-0.3, -0.25) is 4.57 Å². The Kier molecular flexibility index (Phi) is 7.02. The van der Waals surface area contributed by atoms with E-state index in [1.807, 2.05) is 73.9 Å². The first-order chi connectivity index (χ1) is 31.0. The van der Waals surface area contributed by atoms with Gasteiger partial charge in [-0.25, -0.2) is 4.98 Å². The van der Waals surface area contributed by atoms with Gasteiger partial charge in [0.15, 0.2) is 0 Å². The zero-order valence-corrected chi connectivity index (χ0v) is 32.2. The fourth-order valence-electron chi connectivity index (χ4n) is 6.60. The van der Waals surface area contributed by atoms with Crippen LogP contribution in [0.2, 0.25) is 0 Å². The molecule has 0 amide bonds. The van der Waals surface area contributed by atoms with Crippen LogP contribution in [0.25, 0.3) is 61.3 Å². The quantitative estimate of drug-likeness (QED) is 0.107. The Hall–Kier alpha value is -6.03. The number of pyridine rings is 1. The molecule has 9 rings (SSSR count). The van der Waals surface area contributed by atoms with Crippen molar-refractivity contribution < 1.29 is 45.4 Å². The molecule has 0 saturated carbocycles. The van der Waals surface area contributed by atoms with Gasteiger partial charge in [0.05, 0.1) is 19.4 Å². The summed E-state index contributed by atoms with van der Waals surface area (Å²) in [5.41, 5.74) is 3.13. The van der Waals surface area contributed by atoms with Crippen LogP contribution >= 0.6 is 0 Å². The molecule has 0 radical (unpaired) electrons. The molecule has 55 heavy (non-hydrogen) atoms. The average molecular weight is 905 g/mol. The Morgan fingerprint density at radius 3 is 2.16 bits per heavy atom. The minimum atomic E-state index is -0.841. The number of rotatable bonds is 9. The van der Waals surface area contributed by atoms with Gasteiger partial charge in [0.2, 0.25) is 0 Å². The number of benzene rings is 6. The van der Waals surface area contributed by atoms with Gasteiger partial charge in [-0.2, -0.15) is 18.2 Å². The summed E-state index contributed by atoms with van der Waals surface area (Å²) >= 11 is 0. The molecule has 0 bridgehead atoms. The summed E-state index contributed by atoms with van der Waals surface area (Å²) < 4.78 is 106. The molecule has 1 atom stereocenters. The van der Waals surface area contributed by atoms with Crippen LogP contribution in [0, 0.1) is 24.4 Å². The van der Waals surface area contributed by atoms with Crippen molar-refractivity contribution in [3.63, 3.8) is 0 Å². The molecule has 272 valence electrons. The molecule has 0 aliphatic rings. The Morgan fingerprint density at radius 1 is 0.745 bits per heavy atom. The first kappa shape index (κ1) is 25.1. The molecular weight excluding hydrogens is 856 g/mol. The summed E-state index contributed by atoms with van der Waals surface area (Å²) in [5, 5.41) is 1.94. The molecule has 3 aromatic heterocycles. The van der Waals surface area contributed by atoms with Crippen LogP contribution in [0.15, 0.2) is 164 Å². The Balaban J connectivity index is 0.00000592. The second kappa shape index (κ2) is 15.4. The van der Waals surface area contributed by atoms with Crippen LogP contribution in [0.3, 0.4) is 0 Å². The van der Waals surface area contributed by atoms with Crippen LogP contribution in [0.4, 0.5) is 0 Å². The Morgan fingerprint density at radius 2 is 1.44 bits per heavy atom. The van der Waals surface area contributed by atoms with E-state index >= 15 is 0 Å². The molecule has 0 aliphatic heterocycles. The van der Waals surface area contributed by atoms with E-state index in [-0.39, 0.29) is 54.9 Å². The SMILES string of the molecule is [2H]c1c([2H])c([2H])c(-c2cccc(-c3c([2H])c([2H])c([2H])c([2H])c3[2H])c2-[n+]2[c-]n(-c3[c-]c(Oc4[c-]c5c(cc4)c4ccccc4n5-c4cc(C([2H])(C)C(C)C)ccn4)ccc3)cc2)c([2H])c1[2H].[Pt]. The summed E-state index contributed by atoms with van der Waals surface area (Å²) in [5.74, 6) is 0.614. The predicted octanol–water partition coefficient (Wildman–Crippen LogP) is 11.5. The molecule has 0 N–H and O–H groups in total. The van der Waals surface area contributed by atoms with E-state index in [1.165, 1.54) is 4.57 Å². The van der Waals surface area contributed by atoms with Gasteiger partial charge in [0.25, 0.3) is 6.33 Å². The maximum Gasteiger partial charge on any atom is 0.267 e. The third-order valence-electron chi connectivity index (χ3n) is 9.48. The number of imidazole rings is 1. The van der Waals surface area contributed by atoms with Gasteiger partial charge in [0.1, 0.15) is 5.82 Å². The molecule has 6 heteroatoms. The minimum Gasteiger partial charge on any atom is -0.510 e. The maximum absolute atomic E-state index is 9.08. The van der Waals surface area contributed by atoms with Gasteiger partial charge in [0, 0.05) is 58.0 Å². The van der Waals surface area contributed by atoms with Crippen LogP contribution in [0.5, 0.6) is 11.5 Å². The number of ether oxygens (including phenoxy) is 1. The zero-order chi connectivity index (χ0) is 46.2. The number of fused-ring (bicyclic) bond motifs is 3. The summed E-state index contributed by atoms with van der Waals surface area (Å²) in [4.78, 5) is 4.74. The number of nitrogens with zero attached hydrogens (tertiary/aromatic N) is 4. The molecule has 0 saturated heterocycles. The third-order valence-corrected chi connectivity index (χ3v) is 9.48. The van der Waals surface area contributed by atoms with Gasteiger partial charge in [-0.1, -0.05) is 123 Å². The fourth-order valence-corrected chi connectivity index (χ4v) is 6.60. The first-order valence-electron chi connectivity index (χ1n) is 22.9. The molecule has 5 nitrogen and oxygen atoms in total. The fraction of sp³-hybridized carbons (Fsp3) is 0.102. The van der Waals surface area contributed by atoms with Crippen molar-refractivity contribution in [2.24, 2.45) is 5.92 Å². The maximum atomic E-state index is 9.08. The second-order valence-corrected chi connectivity index (χ2v) is 13.0. The zero-order valence-electron chi connectivity index (χ0n) is 40.9. The third kappa shape index (κ3) is 6.93. The van der Waals surface area contributed by atoms with E-state index in [2.05, 4.69) is 18.5 Å². The van der Waals surface area contributed by atoms with Crippen molar-refractivity contribution in [2.75, 3.05) is 0 Å². The Bertz CT molecular complexity index is 3260. The molecule has 9 aromatic rings. The minimum absolute atomic E-state index is 0. The topological polar surface area (TPSA) is 35.9 Å². The van der Waals surface area contributed by atoms with E-state index < -0.39 is 66.3 Å². The van der Waals surface area contributed by atoms with Crippen molar-refractivity contribution >= 4 is 21.8 Å². The Labute approximate surface area is 351 Å². The number of para-hydroxylation sites is 2. The van der Waals surface area contributed by atoms with E-state index in [9.17, 15) is 0 Å². The summed E-state index contributed by atoms with van der Waals surface area (Å²) in [6.07, 6.45) is 8.19. The van der Waals surface area contributed by atoms with Crippen molar-refractivity contribution in [3.8, 4) is 50.9 Å².